The average molecular weight is 1550 g/mol. The number of aliphatic hydroxyl groups excluding tert-OH is 2. The number of hydrogen-bond acceptors (Lipinski definition) is 25. The molecule has 0 unspecified atom stereocenters. The third-order valence-corrected chi connectivity index (χ3v) is 15.1. The summed E-state index contributed by atoms with van der Waals surface area (Å²) in [4.78, 5) is 79.4. The molecule has 17 N–H and O–H groups in total. The number of carbonyl (C=O) groups is 4. The van der Waals surface area contributed by atoms with E-state index in [9.17, 15) is 56.5 Å². The van der Waals surface area contributed by atoms with Gasteiger partial charge in [-0.15, -0.1) is 0 Å². The number of nitrogen functional groups attached to an aromatic ring is 2. The zero-order chi connectivity index (χ0) is 64.3. The Kier molecular flexibility index (Phi) is 31.1. The Hall–Kier alpha value is -6.68. The van der Waals surface area contributed by atoms with Crippen molar-refractivity contribution in [3.63, 3.8) is 0 Å². The molecule has 514 valence electrons. The van der Waals surface area contributed by atoms with E-state index in [0.29, 0.717) is 44.7 Å². The topological polar surface area (TPSA) is 474 Å². The molecule has 2 aromatic heterocycles. The Morgan fingerprint density at radius 2 is 0.968 bits per heavy atom. The largest absolute Gasteiger partial charge is 1.00 e. The van der Waals surface area contributed by atoms with Crippen LogP contribution in [0.15, 0.2) is 107 Å². The van der Waals surface area contributed by atoms with E-state index in [-0.39, 0.29) is 164 Å². The number of aliphatic hydroxyl groups is 2. The molecule has 6 aromatic rings. The molecule has 11 rings (SSSR count). The predicted molar refractivity (Wildman–Crippen MR) is 327 cm³/mol. The molecule has 1 saturated carbocycles. The van der Waals surface area contributed by atoms with E-state index in [1.165, 1.54) is 25.0 Å². The van der Waals surface area contributed by atoms with Crippen molar-refractivity contribution in [3.05, 3.63) is 141 Å². The van der Waals surface area contributed by atoms with Gasteiger partial charge in [0.15, 0.2) is 23.8 Å². The molecule has 3 fully saturated rings. The first-order valence-electron chi connectivity index (χ1n) is 28.6. The molecule has 4 aromatic carbocycles. The second kappa shape index (κ2) is 36.6. The van der Waals surface area contributed by atoms with Crippen molar-refractivity contribution in [1.82, 2.24) is 19.1 Å². The van der Waals surface area contributed by atoms with E-state index in [4.69, 9.17) is 60.8 Å². The van der Waals surface area contributed by atoms with Crippen molar-refractivity contribution >= 4 is 80.6 Å². The molecule has 2 aliphatic heterocycles. The maximum absolute atomic E-state index is 14.5. The van der Waals surface area contributed by atoms with Crippen LogP contribution in [0.3, 0.4) is 0 Å². The van der Waals surface area contributed by atoms with Crippen molar-refractivity contribution in [2.45, 2.75) is 86.5 Å². The standard InChI is InChI=1S/2C27H26F2N4O8.C6H14N2.K.3H2O.Pt/c2*28-27(29)23(35)19(41-24(27)33-10-8-20(30)32-25(33)36)14-40-26(37)39-13-12-38-11-9-31-17-6-4-15-2-1-3-16-5-7-18(34)22(17)21(15)16;7-5-3-1-2-4-6(5)8;;;;;/h2*1-8,10,19,23-24,31,35H,9,11-14H2,(H2,30,32,36);5-6H,1-4,7-8H2;;3*1H2;/q;;;+1;;;;/p-1/t2*19-,23+,24-;5-,6-;;;;;/m110...../s1. The Morgan fingerprint density at radius 3 is 1.34 bits per heavy atom. The molecule has 0 radical (unpaired) electrons. The van der Waals surface area contributed by atoms with E-state index >= 15 is 0 Å². The van der Waals surface area contributed by atoms with Gasteiger partial charge >= 0.3 is 86.9 Å². The van der Waals surface area contributed by atoms with Crippen LogP contribution in [0.2, 0.25) is 0 Å². The fraction of sp³-hybridized carbons (Fsp3) is 0.400. The van der Waals surface area contributed by atoms with Crippen molar-refractivity contribution < 1.29 is 174 Å². The minimum Gasteiger partial charge on any atom is -0.870 e. The van der Waals surface area contributed by atoms with Crippen LogP contribution in [0.5, 0.6) is 0 Å². The van der Waals surface area contributed by atoms with Gasteiger partial charge in [0.2, 0.25) is 12.5 Å². The first-order chi connectivity index (χ1) is 43.1. The van der Waals surface area contributed by atoms with Gasteiger partial charge in [0.25, 0.3) is 0 Å². The monoisotopic (exact) mass is 1550 g/mol. The van der Waals surface area contributed by atoms with Gasteiger partial charge in [-0.3, -0.25) is 18.7 Å². The van der Waals surface area contributed by atoms with Gasteiger partial charge < -0.3 is 98.1 Å². The molecule has 29 nitrogen and oxygen atoms in total. The second-order valence-corrected chi connectivity index (χ2v) is 21.1. The molecule has 2 saturated heterocycles. The van der Waals surface area contributed by atoms with E-state index in [1.54, 1.807) is 12.2 Å². The van der Waals surface area contributed by atoms with E-state index in [1.807, 2.05) is 60.7 Å². The van der Waals surface area contributed by atoms with Gasteiger partial charge in [-0.25, -0.2) is 19.2 Å². The predicted octanol–water partition coefficient (Wildman–Crippen LogP) is 0.118. The van der Waals surface area contributed by atoms with Gasteiger partial charge in [-0.2, -0.15) is 27.5 Å². The van der Waals surface area contributed by atoms with Gasteiger partial charge in [-0.05, 0) is 71.2 Å². The number of allylic oxidation sites excluding steroid dienone is 2. The van der Waals surface area contributed by atoms with Gasteiger partial charge in [0.1, 0.15) is 50.3 Å². The van der Waals surface area contributed by atoms with Crippen LogP contribution in [0.4, 0.5) is 50.2 Å². The van der Waals surface area contributed by atoms with Gasteiger partial charge in [0.05, 0.1) is 37.6 Å². The smallest absolute Gasteiger partial charge is 0.870 e. The maximum Gasteiger partial charge on any atom is 1.00 e. The Labute approximate surface area is 595 Å². The summed E-state index contributed by atoms with van der Waals surface area (Å²) in [7, 11) is 0. The quantitative estimate of drug-likeness (QED) is 0.0218. The van der Waals surface area contributed by atoms with Crippen LogP contribution in [0.1, 0.15) is 70.0 Å². The number of alkyl halides is 4. The number of rotatable bonds is 20. The SMILES string of the molecule is N[C@H]1CCCC[C@@H]1N.Nc1ccn([C@@H]2O[C@H](COC(=O)OCCOCCNc3ccc4cccc5c4c3C(=O)C=C5)[C@H](O)C2(F)F)c(=O)n1.Nc1ccn([C@@H]2O[C@H](COC(=O)OCCOCCNc3ccc4cccc5c4c3C(=O)C=C5)[C@H](O)C2(F)F)c(=O)n1.O.O.[K+].[OH-].[Pt]. The molecule has 0 spiro atoms. The van der Waals surface area contributed by atoms with E-state index in [2.05, 4.69) is 20.6 Å². The molecule has 5 aliphatic rings. The number of benzene rings is 4. The summed E-state index contributed by atoms with van der Waals surface area (Å²) >= 11 is 0. The van der Waals surface area contributed by atoms with Crippen molar-refractivity contribution in [3.8, 4) is 0 Å². The number of ether oxygens (including phenoxy) is 8. The number of hydrogen-bond donors (Lipinski definition) is 8. The molecule has 8 atom stereocenters. The minimum absolute atomic E-state index is 0. The third-order valence-electron chi connectivity index (χ3n) is 15.1. The molecule has 4 heterocycles. The van der Waals surface area contributed by atoms with E-state index in [0.717, 1.165) is 70.0 Å². The van der Waals surface area contributed by atoms with Crippen LogP contribution in [-0.4, -0.2) is 184 Å². The Bertz CT molecular complexity index is 3560. The average Bonchev–Trinajstić information content (AvgIpc) is 1.74. The zero-order valence-electron chi connectivity index (χ0n) is 50.9. The Balaban J connectivity index is 0.000000345. The minimum atomic E-state index is -3.88. The molecular weight excluding hydrogens is 1470 g/mol. The number of nitrogens with two attached hydrogens (primary N) is 4. The normalized spacial score (nSPS) is 21.3. The molecule has 3 aliphatic carbocycles. The second-order valence-electron chi connectivity index (χ2n) is 21.1. The molecule has 95 heavy (non-hydrogen) atoms. The number of anilines is 4. The van der Waals surface area contributed by atoms with Crippen LogP contribution >= 0.6 is 0 Å². The van der Waals surface area contributed by atoms with Crippen LogP contribution in [0.25, 0.3) is 33.7 Å². The van der Waals surface area contributed by atoms with E-state index < -0.39 is 85.6 Å². The number of aromatic nitrogens is 4. The molecule has 0 amide bonds. The zero-order valence-corrected chi connectivity index (χ0v) is 56.3. The van der Waals surface area contributed by atoms with Crippen LogP contribution in [0, 0.1) is 0 Å². The fourth-order valence-corrected chi connectivity index (χ4v) is 10.5. The van der Waals surface area contributed by atoms with Crippen LogP contribution in [-0.2, 0) is 59.0 Å². The Morgan fingerprint density at radius 1 is 0.579 bits per heavy atom. The molecule has 35 heteroatoms. The fourth-order valence-electron chi connectivity index (χ4n) is 10.5. The maximum atomic E-state index is 14.5. The summed E-state index contributed by atoms with van der Waals surface area (Å²) in [6.45, 7) is -0.625. The molecular formula is C60H71F4KN10O19Pt. The van der Waals surface area contributed by atoms with Gasteiger partial charge in [0, 0.05) is 80.8 Å². The summed E-state index contributed by atoms with van der Waals surface area (Å²) in [6, 6.07) is 22.0. The molecule has 0 bridgehead atoms. The van der Waals surface area contributed by atoms with Crippen molar-refractivity contribution in [2.75, 3.05) is 88.0 Å². The summed E-state index contributed by atoms with van der Waals surface area (Å²) < 4.78 is 99.5. The number of ketones is 2. The van der Waals surface area contributed by atoms with Gasteiger partial charge in [-0.1, -0.05) is 73.5 Å². The summed E-state index contributed by atoms with van der Waals surface area (Å²) in [5, 5.41) is 30.1. The number of nitrogens with zero attached hydrogens (tertiary/aromatic N) is 4. The third kappa shape index (κ3) is 19.6. The summed E-state index contributed by atoms with van der Waals surface area (Å²) in [6.07, 6.45) is -1.30. The number of halogens is 4. The first kappa shape index (κ1) is 80.8. The summed E-state index contributed by atoms with van der Waals surface area (Å²) in [5.74, 6) is -8.27. The van der Waals surface area contributed by atoms with Crippen molar-refractivity contribution in [1.29, 1.82) is 0 Å². The summed E-state index contributed by atoms with van der Waals surface area (Å²) in [5.41, 5.74) is 24.4. The number of nitrogens with one attached hydrogen (secondary N) is 2. The first-order valence-corrected chi connectivity index (χ1v) is 28.6. The van der Waals surface area contributed by atoms with Crippen LogP contribution < -0.4 is 96.3 Å². The van der Waals surface area contributed by atoms with Crippen molar-refractivity contribution in [2.24, 2.45) is 11.5 Å². The number of carbonyl (C=O) groups excluding carboxylic acids is 4.